The van der Waals surface area contributed by atoms with Gasteiger partial charge in [0, 0.05) is 24.1 Å². The predicted molar refractivity (Wildman–Crippen MR) is 121 cm³/mol. The third-order valence-electron chi connectivity index (χ3n) is 7.65. The smallest absolute Gasteiger partial charge is 0.226 e. The quantitative estimate of drug-likeness (QED) is 0.552. The highest BCUT2D eigenvalue weighted by molar-refractivity contribution is 7.91. The van der Waals surface area contributed by atoms with Gasteiger partial charge in [-0.25, -0.2) is 12.8 Å². The number of rotatable bonds is 10. The van der Waals surface area contributed by atoms with Gasteiger partial charge in [0.2, 0.25) is 5.91 Å². The summed E-state index contributed by atoms with van der Waals surface area (Å²) in [5.74, 6) is 1.41. The Morgan fingerprint density at radius 3 is 2.28 bits per heavy atom. The molecular formula is C24H33FN2O4S. The summed E-state index contributed by atoms with van der Waals surface area (Å²) in [7, 11) is -3.46. The molecule has 4 aliphatic carbocycles. The van der Waals surface area contributed by atoms with E-state index in [1.165, 1.54) is 12.8 Å². The summed E-state index contributed by atoms with van der Waals surface area (Å²) in [5, 5.41) is 3.15. The van der Waals surface area contributed by atoms with Crippen LogP contribution in [-0.4, -0.2) is 39.8 Å². The number of sulfone groups is 1. The van der Waals surface area contributed by atoms with E-state index in [9.17, 15) is 17.6 Å². The Kier molecular flexibility index (Phi) is 6.63. The van der Waals surface area contributed by atoms with Crippen LogP contribution in [0.2, 0.25) is 0 Å². The molecule has 0 aromatic heterocycles. The Morgan fingerprint density at radius 1 is 1.12 bits per heavy atom. The number of benzene rings is 1. The summed E-state index contributed by atoms with van der Waals surface area (Å²) in [6.07, 6.45) is 7.52. The largest absolute Gasteiger partial charge is 0.489 e. The number of hydrogen-bond donors (Lipinski definition) is 2. The Morgan fingerprint density at radius 2 is 1.75 bits per heavy atom. The van der Waals surface area contributed by atoms with Crippen LogP contribution in [0.4, 0.5) is 4.39 Å². The number of halogens is 1. The molecule has 1 aromatic rings. The molecule has 0 aliphatic heterocycles. The van der Waals surface area contributed by atoms with E-state index in [4.69, 9.17) is 10.5 Å². The first-order valence-electron chi connectivity index (χ1n) is 11.5. The van der Waals surface area contributed by atoms with Crippen LogP contribution in [-0.2, 0) is 14.6 Å². The number of carbonyl (C=O) groups is 1. The average molecular weight is 465 g/mol. The van der Waals surface area contributed by atoms with Gasteiger partial charge in [-0.1, -0.05) is 0 Å². The average Bonchev–Trinajstić information content (AvgIpc) is 3.64. The van der Waals surface area contributed by atoms with Crippen LogP contribution in [0.3, 0.4) is 0 Å². The number of nitrogens with one attached hydrogen (secondary N) is 1. The fourth-order valence-electron chi connectivity index (χ4n) is 5.11. The Hall–Kier alpha value is -1.93. The van der Waals surface area contributed by atoms with Crippen molar-refractivity contribution in [1.82, 2.24) is 5.32 Å². The Labute approximate surface area is 189 Å². The molecule has 1 amide bonds. The van der Waals surface area contributed by atoms with Gasteiger partial charge in [-0.3, -0.25) is 4.79 Å². The molecule has 4 aliphatic rings. The molecule has 4 saturated carbocycles. The number of ether oxygens (including phenoxy) is 1. The minimum Gasteiger partial charge on any atom is -0.489 e. The highest BCUT2D eigenvalue weighted by Crippen LogP contribution is 2.57. The number of fused-ring (bicyclic) bond motifs is 3. The zero-order chi connectivity index (χ0) is 22.8. The maximum absolute atomic E-state index is 13.2. The van der Waals surface area contributed by atoms with Crippen LogP contribution in [0.15, 0.2) is 41.1 Å². The molecular weight excluding hydrogens is 431 g/mol. The molecule has 32 heavy (non-hydrogen) atoms. The number of nitrogens with two attached hydrogens (primary N) is 1. The van der Waals surface area contributed by atoms with Gasteiger partial charge in [0.1, 0.15) is 12.4 Å². The minimum atomic E-state index is -3.46. The molecule has 4 fully saturated rings. The third kappa shape index (κ3) is 5.01. The lowest BCUT2D eigenvalue weighted by Gasteiger charge is -2.52. The molecule has 0 unspecified atom stereocenters. The first-order valence-corrected chi connectivity index (χ1v) is 13.2. The summed E-state index contributed by atoms with van der Waals surface area (Å²) >= 11 is 0. The van der Waals surface area contributed by atoms with Gasteiger partial charge in [0.15, 0.2) is 9.84 Å². The van der Waals surface area contributed by atoms with Crippen LogP contribution >= 0.6 is 0 Å². The van der Waals surface area contributed by atoms with Gasteiger partial charge in [-0.2, -0.15) is 0 Å². The maximum atomic E-state index is 13.2. The van der Waals surface area contributed by atoms with Crippen molar-refractivity contribution < 1.29 is 22.3 Å². The lowest BCUT2D eigenvalue weighted by molar-refractivity contribution is -0.139. The summed E-state index contributed by atoms with van der Waals surface area (Å²) in [5.41, 5.74) is 5.20. The van der Waals surface area contributed by atoms with E-state index >= 15 is 0 Å². The molecule has 0 heterocycles. The zero-order valence-electron chi connectivity index (χ0n) is 18.4. The predicted octanol–water partition coefficient (Wildman–Crippen LogP) is 3.52. The van der Waals surface area contributed by atoms with Crippen molar-refractivity contribution in [2.24, 2.45) is 22.5 Å². The van der Waals surface area contributed by atoms with Gasteiger partial charge >= 0.3 is 0 Å². The second kappa shape index (κ2) is 9.14. The molecule has 8 heteroatoms. The molecule has 6 nitrogen and oxygen atoms in total. The summed E-state index contributed by atoms with van der Waals surface area (Å²) in [4.78, 5) is 13.1. The SMILES string of the molecule is NC/C(=C\F)COc1ccc(S(=O)(=O)CC23CCC(C(=O)NCC4CC4)(CC2)CC3)cc1. The van der Waals surface area contributed by atoms with Crippen LogP contribution in [0.1, 0.15) is 51.4 Å². The minimum absolute atomic E-state index is 0.0260. The summed E-state index contributed by atoms with van der Waals surface area (Å²) < 4.78 is 44.4. The van der Waals surface area contributed by atoms with Crippen LogP contribution in [0, 0.1) is 16.7 Å². The lowest BCUT2D eigenvalue weighted by atomic mass is 9.54. The van der Waals surface area contributed by atoms with Crippen molar-refractivity contribution in [3.63, 3.8) is 0 Å². The third-order valence-corrected chi connectivity index (χ3v) is 9.63. The molecule has 0 radical (unpaired) electrons. The first-order chi connectivity index (χ1) is 15.3. The highest BCUT2D eigenvalue weighted by atomic mass is 32.2. The zero-order valence-corrected chi connectivity index (χ0v) is 19.3. The van der Waals surface area contributed by atoms with Gasteiger partial charge in [0.05, 0.1) is 17.0 Å². The molecule has 5 rings (SSSR count). The van der Waals surface area contributed by atoms with Gasteiger partial charge in [0.25, 0.3) is 0 Å². The highest BCUT2D eigenvalue weighted by Gasteiger charge is 2.53. The number of carbonyl (C=O) groups excluding carboxylic acids is 1. The second-order valence-corrected chi connectivity index (χ2v) is 11.9. The monoisotopic (exact) mass is 464 g/mol. The topological polar surface area (TPSA) is 98.5 Å². The fourth-order valence-corrected chi connectivity index (χ4v) is 7.06. The molecule has 0 atom stereocenters. The van der Waals surface area contributed by atoms with Crippen molar-refractivity contribution in [1.29, 1.82) is 0 Å². The van der Waals surface area contributed by atoms with Gasteiger partial charge in [-0.15, -0.1) is 0 Å². The van der Waals surface area contributed by atoms with Crippen molar-refractivity contribution in [2.75, 3.05) is 25.4 Å². The van der Waals surface area contributed by atoms with E-state index in [-0.39, 0.29) is 40.5 Å². The van der Waals surface area contributed by atoms with Crippen LogP contribution in [0.25, 0.3) is 0 Å². The number of amides is 1. The maximum Gasteiger partial charge on any atom is 0.226 e. The van der Waals surface area contributed by atoms with Crippen molar-refractivity contribution in [3.05, 3.63) is 36.2 Å². The molecule has 1 aromatic carbocycles. The van der Waals surface area contributed by atoms with E-state index in [0.29, 0.717) is 23.6 Å². The first kappa shape index (κ1) is 23.2. The fraction of sp³-hybridized carbons (Fsp3) is 0.625. The molecule has 0 saturated heterocycles. The molecule has 0 spiro atoms. The lowest BCUT2D eigenvalue weighted by Crippen LogP contribution is -2.52. The normalized spacial score (nSPS) is 27.9. The number of hydrogen-bond acceptors (Lipinski definition) is 5. The molecule has 176 valence electrons. The molecule has 3 N–H and O–H groups in total. The van der Waals surface area contributed by atoms with Crippen molar-refractivity contribution >= 4 is 15.7 Å². The standard InChI is InChI=1S/C24H33FN2O4S/c25-13-19(14-26)16-31-20-3-5-21(6-4-20)32(29,30)17-23-7-10-24(11-8-23,12-9-23)22(28)27-15-18-1-2-18/h3-6,13,18H,1-2,7-12,14-17,26H2,(H,27,28)/b19-13+. The van der Waals surface area contributed by atoms with E-state index in [1.54, 1.807) is 24.3 Å². The van der Waals surface area contributed by atoms with Crippen molar-refractivity contribution in [3.8, 4) is 5.75 Å². The van der Waals surface area contributed by atoms with Crippen LogP contribution < -0.4 is 15.8 Å². The second-order valence-electron chi connectivity index (χ2n) is 9.92. The molecule has 2 bridgehead atoms. The van der Waals surface area contributed by atoms with E-state index in [2.05, 4.69) is 5.32 Å². The Bertz CT molecular complexity index is 946. The van der Waals surface area contributed by atoms with Gasteiger partial charge < -0.3 is 15.8 Å². The Balaban J connectivity index is 1.35. The van der Waals surface area contributed by atoms with Gasteiger partial charge in [-0.05, 0) is 87.0 Å². The van der Waals surface area contributed by atoms with E-state index < -0.39 is 9.84 Å². The van der Waals surface area contributed by atoms with E-state index in [1.807, 2.05) is 0 Å². The van der Waals surface area contributed by atoms with E-state index in [0.717, 1.165) is 45.1 Å². The summed E-state index contributed by atoms with van der Waals surface area (Å²) in [6, 6.07) is 6.27. The van der Waals surface area contributed by atoms with Crippen molar-refractivity contribution in [2.45, 2.75) is 56.3 Å². The van der Waals surface area contributed by atoms with Crippen LogP contribution in [0.5, 0.6) is 5.75 Å². The summed E-state index contributed by atoms with van der Waals surface area (Å²) in [6.45, 7) is 0.879.